The maximum absolute atomic E-state index is 12.7. The number of ether oxygens (including phenoxy) is 2. The van der Waals surface area contributed by atoms with E-state index in [9.17, 15) is 14.4 Å². The molecular formula is C23H20Br2ClNO5S. The molecule has 0 bridgehead atoms. The second-order valence-electron chi connectivity index (χ2n) is 7.04. The number of carbonyl (C=O) groups excluding carboxylic acids is 3. The van der Waals surface area contributed by atoms with Crippen molar-refractivity contribution in [3.05, 3.63) is 66.4 Å². The summed E-state index contributed by atoms with van der Waals surface area (Å²) in [7, 11) is 0. The lowest BCUT2D eigenvalue weighted by Crippen LogP contribution is -2.34. The molecule has 1 fully saturated rings. The van der Waals surface area contributed by atoms with Crippen LogP contribution in [0.4, 0.5) is 4.79 Å². The zero-order valence-electron chi connectivity index (χ0n) is 17.6. The predicted octanol–water partition coefficient (Wildman–Crippen LogP) is 6.82. The van der Waals surface area contributed by atoms with Crippen LogP contribution in [-0.2, 0) is 20.9 Å². The minimum absolute atomic E-state index is 0.227. The van der Waals surface area contributed by atoms with Crippen LogP contribution in [0.25, 0.3) is 6.08 Å². The number of imide groups is 1. The Bertz CT molecular complexity index is 1090. The highest BCUT2D eigenvalue weighted by Crippen LogP contribution is 2.38. The summed E-state index contributed by atoms with van der Waals surface area (Å²) in [5, 5.41) is 0.114. The number of nitrogens with zero attached hydrogens (tertiary/aromatic N) is 1. The average Bonchev–Trinajstić information content (AvgIpc) is 3.02. The number of hydrogen-bond acceptors (Lipinski definition) is 6. The number of rotatable bonds is 9. The molecule has 1 aliphatic heterocycles. The molecule has 1 saturated heterocycles. The lowest BCUT2D eigenvalue weighted by molar-refractivity contribution is -0.146. The smallest absolute Gasteiger partial charge is 0.326 e. The molecule has 0 unspecified atom stereocenters. The molecule has 1 aliphatic rings. The molecule has 0 aliphatic carbocycles. The Labute approximate surface area is 217 Å². The maximum Gasteiger partial charge on any atom is 0.326 e. The first-order valence-electron chi connectivity index (χ1n) is 10.1. The van der Waals surface area contributed by atoms with E-state index in [4.69, 9.17) is 21.1 Å². The molecular weight excluding hydrogens is 598 g/mol. The number of benzene rings is 2. The van der Waals surface area contributed by atoms with Crippen molar-refractivity contribution < 1.29 is 23.9 Å². The number of thioether (sulfide) groups is 1. The van der Waals surface area contributed by atoms with Gasteiger partial charge in [-0.3, -0.25) is 19.3 Å². The van der Waals surface area contributed by atoms with Gasteiger partial charge in [0.1, 0.15) is 18.9 Å². The van der Waals surface area contributed by atoms with Gasteiger partial charge >= 0.3 is 5.97 Å². The minimum Gasteiger partial charge on any atom is -0.486 e. The van der Waals surface area contributed by atoms with Crippen LogP contribution in [0.3, 0.4) is 0 Å². The number of hydrogen-bond donors (Lipinski definition) is 0. The van der Waals surface area contributed by atoms with Crippen molar-refractivity contribution in [2.45, 2.75) is 26.4 Å². The highest BCUT2D eigenvalue weighted by atomic mass is 79.9. The Kier molecular flexibility index (Phi) is 9.43. The van der Waals surface area contributed by atoms with Crippen molar-refractivity contribution in [3.8, 4) is 5.75 Å². The van der Waals surface area contributed by atoms with Gasteiger partial charge in [-0.05, 0) is 79.9 Å². The van der Waals surface area contributed by atoms with Crippen molar-refractivity contribution in [1.82, 2.24) is 4.90 Å². The topological polar surface area (TPSA) is 72.9 Å². The van der Waals surface area contributed by atoms with Crippen LogP contribution in [0, 0.1) is 0 Å². The molecule has 0 radical (unpaired) electrons. The van der Waals surface area contributed by atoms with Gasteiger partial charge < -0.3 is 9.47 Å². The quantitative estimate of drug-likeness (QED) is 0.175. The minimum atomic E-state index is -0.600. The second-order valence-corrected chi connectivity index (χ2v) is 10.1. The Hall–Kier alpha value is -1.81. The van der Waals surface area contributed by atoms with E-state index < -0.39 is 23.7 Å². The van der Waals surface area contributed by atoms with Crippen LogP contribution in [-0.4, -0.2) is 35.2 Å². The van der Waals surface area contributed by atoms with Crippen molar-refractivity contribution in [1.29, 1.82) is 0 Å². The summed E-state index contributed by atoms with van der Waals surface area (Å²) >= 11 is 14.0. The summed E-state index contributed by atoms with van der Waals surface area (Å²) in [4.78, 5) is 38.0. The van der Waals surface area contributed by atoms with E-state index in [0.717, 1.165) is 35.1 Å². The molecule has 0 N–H and O–H groups in total. The summed E-state index contributed by atoms with van der Waals surface area (Å²) in [6.07, 6.45) is 3.21. The van der Waals surface area contributed by atoms with Crippen LogP contribution in [0.2, 0.25) is 5.02 Å². The van der Waals surface area contributed by atoms with Crippen LogP contribution < -0.4 is 4.74 Å². The first-order chi connectivity index (χ1) is 15.8. The molecule has 2 aromatic rings. The Balaban J connectivity index is 1.70. The van der Waals surface area contributed by atoms with Crippen LogP contribution in [0.1, 0.15) is 30.9 Å². The standard InChI is InChI=1S/C23H20Br2ClNO5S/c1-2-3-8-31-20(28)12-27-22(29)19(33-23(27)30)11-14-9-16(24)21(17(25)10-14)32-13-15-6-4-5-7-18(15)26/h4-7,9-11H,2-3,8,12-13H2,1H3/b19-11+. The summed E-state index contributed by atoms with van der Waals surface area (Å²) in [5.74, 6) is -0.545. The predicted molar refractivity (Wildman–Crippen MR) is 136 cm³/mol. The fraction of sp³-hybridized carbons (Fsp3) is 0.261. The highest BCUT2D eigenvalue weighted by Gasteiger charge is 2.36. The fourth-order valence-corrected chi connectivity index (χ4v) is 5.34. The Morgan fingerprint density at radius 2 is 1.88 bits per heavy atom. The summed E-state index contributed by atoms with van der Waals surface area (Å²) < 4.78 is 12.3. The first kappa shape index (κ1) is 25.8. The molecule has 0 saturated carbocycles. The monoisotopic (exact) mass is 615 g/mol. The number of halogens is 3. The van der Waals surface area contributed by atoms with E-state index in [1.165, 1.54) is 0 Å². The third-order valence-electron chi connectivity index (χ3n) is 4.57. The third kappa shape index (κ3) is 6.85. The van der Waals surface area contributed by atoms with E-state index in [-0.39, 0.29) is 18.1 Å². The second kappa shape index (κ2) is 12.1. The van der Waals surface area contributed by atoms with Gasteiger partial charge in [-0.2, -0.15) is 0 Å². The molecule has 33 heavy (non-hydrogen) atoms. The zero-order chi connectivity index (χ0) is 24.0. The van der Waals surface area contributed by atoms with E-state index in [2.05, 4.69) is 31.9 Å². The largest absolute Gasteiger partial charge is 0.486 e. The van der Waals surface area contributed by atoms with Crippen molar-refractivity contribution in [2.24, 2.45) is 0 Å². The van der Waals surface area contributed by atoms with E-state index in [1.54, 1.807) is 24.3 Å². The normalized spacial score (nSPS) is 14.8. The molecule has 174 valence electrons. The van der Waals surface area contributed by atoms with Gasteiger partial charge in [0.2, 0.25) is 0 Å². The number of amides is 2. The molecule has 6 nitrogen and oxygen atoms in total. The Morgan fingerprint density at radius 1 is 1.18 bits per heavy atom. The molecule has 1 heterocycles. The van der Waals surface area contributed by atoms with Crippen LogP contribution >= 0.6 is 55.2 Å². The summed E-state index contributed by atoms with van der Waals surface area (Å²) in [6, 6.07) is 11.0. The molecule has 2 aromatic carbocycles. The van der Waals surface area contributed by atoms with Crippen molar-refractivity contribution in [2.75, 3.05) is 13.2 Å². The summed E-state index contributed by atoms with van der Waals surface area (Å²) in [5.41, 5.74) is 1.53. The van der Waals surface area contributed by atoms with Gasteiger partial charge in [0.15, 0.2) is 0 Å². The maximum atomic E-state index is 12.7. The van der Waals surface area contributed by atoms with E-state index in [0.29, 0.717) is 25.3 Å². The third-order valence-corrected chi connectivity index (χ3v) is 7.02. The molecule has 0 spiro atoms. The van der Waals surface area contributed by atoms with Crippen molar-refractivity contribution >= 4 is 78.4 Å². The number of carbonyl (C=O) groups is 3. The van der Waals surface area contributed by atoms with Gasteiger partial charge in [0.05, 0.1) is 20.5 Å². The molecule has 0 atom stereocenters. The number of unbranched alkanes of at least 4 members (excludes halogenated alkanes) is 1. The zero-order valence-corrected chi connectivity index (χ0v) is 22.4. The van der Waals surface area contributed by atoms with Gasteiger partial charge in [0.25, 0.3) is 11.1 Å². The Morgan fingerprint density at radius 3 is 2.55 bits per heavy atom. The first-order valence-corrected chi connectivity index (χ1v) is 12.8. The molecule has 10 heteroatoms. The highest BCUT2D eigenvalue weighted by molar-refractivity contribution is 9.11. The van der Waals surface area contributed by atoms with Crippen molar-refractivity contribution in [3.63, 3.8) is 0 Å². The van der Waals surface area contributed by atoms with E-state index in [1.807, 2.05) is 25.1 Å². The average molecular weight is 618 g/mol. The lowest BCUT2D eigenvalue weighted by atomic mass is 10.2. The molecule has 2 amide bonds. The molecule has 3 rings (SSSR count). The molecule has 0 aromatic heterocycles. The van der Waals surface area contributed by atoms with E-state index >= 15 is 0 Å². The van der Waals surface area contributed by atoms with Gasteiger partial charge in [-0.15, -0.1) is 0 Å². The summed E-state index contributed by atoms with van der Waals surface area (Å²) in [6.45, 7) is 2.13. The van der Waals surface area contributed by atoms with Crippen LogP contribution in [0.5, 0.6) is 5.75 Å². The lowest BCUT2D eigenvalue weighted by Gasteiger charge is -2.12. The van der Waals surface area contributed by atoms with Gasteiger partial charge in [-0.1, -0.05) is 43.1 Å². The van der Waals surface area contributed by atoms with Gasteiger partial charge in [0, 0.05) is 10.6 Å². The fourth-order valence-electron chi connectivity index (χ4n) is 2.86. The van der Waals surface area contributed by atoms with Crippen LogP contribution in [0.15, 0.2) is 50.2 Å². The van der Waals surface area contributed by atoms with Gasteiger partial charge in [-0.25, -0.2) is 0 Å². The SMILES string of the molecule is CCCCOC(=O)CN1C(=O)S/C(=C/c2cc(Br)c(OCc3ccccc3Cl)c(Br)c2)C1=O. The number of esters is 1.